The minimum absolute atomic E-state index is 0.0423. The van der Waals surface area contributed by atoms with Gasteiger partial charge in [-0.25, -0.2) is 4.98 Å². The molecule has 1 spiro atoms. The first-order valence-electron chi connectivity index (χ1n) is 8.33. The molecule has 1 aromatic rings. The van der Waals surface area contributed by atoms with E-state index in [2.05, 4.69) is 16.1 Å². The number of piperidine rings is 1. The Morgan fingerprint density at radius 2 is 2.00 bits per heavy atom. The molecule has 0 radical (unpaired) electrons. The van der Waals surface area contributed by atoms with Crippen LogP contribution in [0.1, 0.15) is 36.9 Å². The number of aromatic nitrogens is 1. The number of hydrogen-bond donors (Lipinski definition) is 1. The lowest BCUT2D eigenvalue weighted by Crippen LogP contribution is -2.36. The number of anilines is 1. The molecular formula is C19H21N3O. The van der Waals surface area contributed by atoms with Gasteiger partial charge in [0, 0.05) is 26.6 Å². The smallest absolute Gasteiger partial charge is 0.177 e. The molecule has 23 heavy (non-hydrogen) atoms. The summed E-state index contributed by atoms with van der Waals surface area (Å²) in [4.78, 5) is 19.5. The number of ketones is 1. The fourth-order valence-corrected chi connectivity index (χ4v) is 3.82. The van der Waals surface area contributed by atoms with Gasteiger partial charge in [-0.1, -0.05) is 12.0 Å². The highest BCUT2D eigenvalue weighted by Crippen LogP contribution is 2.54. The summed E-state index contributed by atoms with van der Waals surface area (Å²) in [7, 11) is 1.85. The van der Waals surface area contributed by atoms with Crippen LogP contribution in [0.5, 0.6) is 0 Å². The number of terminal acetylenes is 1. The van der Waals surface area contributed by atoms with Gasteiger partial charge < -0.3 is 10.2 Å². The highest BCUT2D eigenvalue weighted by Gasteiger charge is 2.45. The van der Waals surface area contributed by atoms with Crippen molar-refractivity contribution in [1.82, 2.24) is 9.88 Å². The molecule has 0 bridgehead atoms. The van der Waals surface area contributed by atoms with Crippen LogP contribution in [0.3, 0.4) is 0 Å². The first kappa shape index (κ1) is 14.3. The molecule has 2 heterocycles. The third kappa shape index (κ3) is 2.31. The molecule has 118 valence electrons. The fourth-order valence-electron chi connectivity index (χ4n) is 3.82. The quantitative estimate of drug-likeness (QED) is 0.853. The summed E-state index contributed by atoms with van der Waals surface area (Å²) >= 11 is 0. The van der Waals surface area contributed by atoms with Gasteiger partial charge in [0.05, 0.1) is 17.0 Å². The number of carbonyl (C=O) groups excluding carboxylic acids is 1. The number of allylic oxidation sites excluding steroid dienone is 1. The Hall–Kier alpha value is -2.28. The first-order valence-corrected chi connectivity index (χ1v) is 8.33. The molecule has 4 heteroatoms. The zero-order valence-electron chi connectivity index (χ0n) is 13.5. The molecule has 1 saturated heterocycles. The number of Topliss-reactive ketones (excluding diaryl/α,β-unsaturated/α-hetero) is 1. The van der Waals surface area contributed by atoms with Crippen LogP contribution >= 0.6 is 0 Å². The van der Waals surface area contributed by atoms with E-state index in [1.54, 1.807) is 0 Å². The molecule has 3 aliphatic rings. The monoisotopic (exact) mass is 307 g/mol. The second kappa shape index (κ2) is 5.13. The second-order valence-electron chi connectivity index (χ2n) is 6.91. The molecule has 2 aliphatic carbocycles. The Bertz CT molecular complexity index is 742. The third-order valence-corrected chi connectivity index (χ3v) is 5.57. The van der Waals surface area contributed by atoms with E-state index in [9.17, 15) is 4.79 Å². The summed E-state index contributed by atoms with van der Waals surface area (Å²) in [5.41, 5.74) is 3.84. The van der Waals surface area contributed by atoms with E-state index in [0.717, 1.165) is 35.9 Å². The Morgan fingerprint density at radius 1 is 1.26 bits per heavy atom. The van der Waals surface area contributed by atoms with Gasteiger partial charge in [0.1, 0.15) is 5.82 Å². The zero-order chi connectivity index (χ0) is 16.0. The highest BCUT2D eigenvalue weighted by molar-refractivity contribution is 6.09. The van der Waals surface area contributed by atoms with Crippen LogP contribution in [0.4, 0.5) is 5.82 Å². The van der Waals surface area contributed by atoms with E-state index in [1.165, 1.54) is 25.7 Å². The van der Waals surface area contributed by atoms with Crippen molar-refractivity contribution in [3.05, 3.63) is 29.0 Å². The molecule has 1 aliphatic heterocycles. The number of nitrogens with one attached hydrogen (secondary N) is 1. The van der Waals surface area contributed by atoms with E-state index in [1.807, 2.05) is 19.2 Å². The molecule has 4 rings (SSSR count). The standard InChI is InChI=1S/C19H21N3O/c1-3-14-15(23)12-13-4-5-16(20-2)21-17(13)18(14)22-10-8-19(6-7-19)9-11-22/h1,4-5H,6-12H2,2H3,(H,20,21). The van der Waals surface area contributed by atoms with E-state index in [-0.39, 0.29) is 5.78 Å². The molecular weight excluding hydrogens is 286 g/mol. The molecule has 0 unspecified atom stereocenters. The maximum atomic E-state index is 12.5. The minimum Gasteiger partial charge on any atom is -0.373 e. The van der Waals surface area contributed by atoms with Crippen molar-refractivity contribution in [2.45, 2.75) is 32.1 Å². The minimum atomic E-state index is 0.0423. The number of likely N-dealkylation sites (tertiary alicyclic amines) is 1. The summed E-state index contributed by atoms with van der Waals surface area (Å²) in [6.45, 7) is 1.94. The number of rotatable bonds is 2. The van der Waals surface area contributed by atoms with Crippen molar-refractivity contribution >= 4 is 17.3 Å². The van der Waals surface area contributed by atoms with Crippen LogP contribution in [-0.2, 0) is 11.2 Å². The van der Waals surface area contributed by atoms with Gasteiger partial charge in [-0.2, -0.15) is 0 Å². The van der Waals surface area contributed by atoms with Crippen molar-refractivity contribution in [2.75, 3.05) is 25.5 Å². The lowest BCUT2D eigenvalue weighted by atomic mass is 9.88. The van der Waals surface area contributed by atoms with Gasteiger partial charge in [0.15, 0.2) is 5.78 Å². The van der Waals surface area contributed by atoms with Gasteiger partial charge in [-0.3, -0.25) is 4.79 Å². The highest BCUT2D eigenvalue weighted by atomic mass is 16.1. The molecule has 1 N–H and O–H groups in total. The lowest BCUT2D eigenvalue weighted by Gasteiger charge is -2.37. The average Bonchev–Trinajstić information content (AvgIpc) is 3.33. The number of carbonyl (C=O) groups is 1. The van der Waals surface area contributed by atoms with Gasteiger partial charge in [-0.15, -0.1) is 6.42 Å². The number of pyridine rings is 1. The number of hydrogen-bond acceptors (Lipinski definition) is 4. The maximum Gasteiger partial charge on any atom is 0.177 e. The molecule has 2 fully saturated rings. The second-order valence-corrected chi connectivity index (χ2v) is 6.91. The van der Waals surface area contributed by atoms with Gasteiger partial charge >= 0.3 is 0 Å². The van der Waals surface area contributed by atoms with Crippen molar-refractivity contribution in [3.63, 3.8) is 0 Å². The van der Waals surface area contributed by atoms with E-state index < -0.39 is 0 Å². The SMILES string of the molecule is C#CC1=C(N2CCC3(CC2)CC3)c2nc(NC)ccc2CC1=O. The third-order valence-electron chi connectivity index (χ3n) is 5.57. The summed E-state index contributed by atoms with van der Waals surface area (Å²) in [5.74, 6) is 3.49. The predicted molar refractivity (Wildman–Crippen MR) is 90.7 cm³/mol. The molecule has 0 atom stereocenters. The average molecular weight is 307 g/mol. The Labute approximate surface area is 137 Å². The lowest BCUT2D eigenvalue weighted by molar-refractivity contribution is -0.114. The van der Waals surface area contributed by atoms with Crippen molar-refractivity contribution in [1.29, 1.82) is 0 Å². The summed E-state index contributed by atoms with van der Waals surface area (Å²) in [6, 6.07) is 3.91. The topological polar surface area (TPSA) is 45.2 Å². The summed E-state index contributed by atoms with van der Waals surface area (Å²) in [5, 5.41) is 3.08. The van der Waals surface area contributed by atoms with E-state index in [4.69, 9.17) is 11.4 Å². The van der Waals surface area contributed by atoms with Crippen LogP contribution in [-0.4, -0.2) is 35.8 Å². The predicted octanol–water partition coefficient (Wildman–Crippen LogP) is 2.47. The van der Waals surface area contributed by atoms with Gasteiger partial charge in [0.25, 0.3) is 0 Å². The summed E-state index contributed by atoms with van der Waals surface area (Å²) in [6.07, 6.45) is 11.2. The molecule has 4 nitrogen and oxygen atoms in total. The number of nitrogens with zero attached hydrogens (tertiary/aromatic N) is 2. The van der Waals surface area contributed by atoms with Crippen molar-refractivity contribution in [3.8, 4) is 12.3 Å². The molecule has 0 aromatic carbocycles. The normalized spacial score (nSPS) is 21.9. The first-order chi connectivity index (χ1) is 11.2. The van der Waals surface area contributed by atoms with Crippen LogP contribution in [0, 0.1) is 17.8 Å². The zero-order valence-corrected chi connectivity index (χ0v) is 13.5. The maximum absolute atomic E-state index is 12.5. The molecule has 1 aromatic heterocycles. The number of fused-ring (bicyclic) bond motifs is 1. The largest absolute Gasteiger partial charge is 0.373 e. The van der Waals surface area contributed by atoms with Crippen LogP contribution in [0.2, 0.25) is 0 Å². The Morgan fingerprint density at radius 3 is 2.61 bits per heavy atom. The molecule has 0 amide bonds. The van der Waals surface area contributed by atoms with Crippen LogP contribution in [0.25, 0.3) is 5.70 Å². The van der Waals surface area contributed by atoms with E-state index >= 15 is 0 Å². The molecule has 1 saturated carbocycles. The fraction of sp³-hybridized carbons (Fsp3) is 0.474. The van der Waals surface area contributed by atoms with Crippen molar-refractivity contribution in [2.24, 2.45) is 5.41 Å². The Kier molecular flexibility index (Phi) is 3.19. The van der Waals surface area contributed by atoms with Gasteiger partial charge in [0.2, 0.25) is 0 Å². The Balaban J connectivity index is 1.77. The van der Waals surface area contributed by atoms with E-state index in [0.29, 0.717) is 17.4 Å². The summed E-state index contributed by atoms with van der Waals surface area (Å²) < 4.78 is 0. The van der Waals surface area contributed by atoms with Crippen LogP contribution in [0.15, 0.2) is 17.7 Å². The van der Waals surface area contributed by atoms with Crippen LogP contribution < -0.4 is 5.32 Å². The van der Waals surface area contributed by atoms with Crippen molar-refractivity contribution < 1.29 is 4.79 Å². The van der Waals surface area contributed by atoms with Gasteiger partial charge in [-0.05, 0) is 42.7 Å².